The van der Waals surface area contributed by atoms with Crippen LogP contribution in [0.5, 0.6) is 11.5 Å². The third-order valence-corrected chi connectivity index (χ3v) is 3.80. The fourth-order valence-electron chi connectivity index (χ4n) is 1.89. The lowest BCUT2D eigenvalue weighted by Crippen LogP contribution is -2.27. The molecular formula is C14H13F2NO4S. The van der Waals surface area contributed by atoms with Crippen LogP contribution in [0.4, 0.5) is 13.6 Å². The smallest absolute Gasteiger partial charge is 0.387 e. The van der Waals surface area contributed by atoms with Gasteiger partial charge in [0.05, 0.1) is 12.0 Å². The molecule has 0 unspecified atom stereocenters. The molecule has 1 aromatic rings. The van der Waals surface area contributed by atoms with E-state index in [0.717, 1.165) is 16.7 Å². The van der Waals surface area contributed by atoms with Crippen molar-refractivity contribution in [1.82, 2.24) is 4.90 Å². The van der Waals surface area contributed by atoms with Gasteiger partial charge in [-0.05, 0) is 42.5 Å². The van der Waals surface area contributed by atoms with Gasteiger partial charge in [-0.25, -0.2) is 0 Å². The molecule has 0 bridgehead atoms. The van der Waals surface area contributed by atoms with Crippen LogP contribution < -0.4 is 9.47 Å². The SMILES string of the molecule is CCN1C(=O)S/C(=C\c2ccc(OC(F)F)c(OC)c2)C1=O. The zero-order valence-corrected chi connectivity index (χ0v) is 12.7. The van der Waals surface area contributed by atoms with Crippen LogP contribution in [0.2, 0.25) is 0 Å². The van der Waals surface area contributed by atoms with Gasteiger partial charge in [-0.15, -0.1) is 0 Å². The summed E-state index contributed by atoms with van der Waals surface area (Å²) in [7, 11) is 1.32. The number of carbonyl (C=O) groups excluding carboxylic acids is 2. The van der Waals surface area contributed by atoms with Crippen LogP contribution in [0.1, 0.15) is 12.5 Å². The lowest BCUT2D eigenvalue weighted by atomic mass is 10.2. The molecule has 0 N–H and O–H groups in total. The summed E-state index contributed by atoms with van der Waals surface area (Å²) in [6.45, 7) is -0.952. The first-order chi connectivity index (χ1) is 10.5. The highest BCUT2D eigenvalue weighted by molar-refractivity contribution is 8.18. The summed E-state index contributed by atoms with van der Waals surface area (Å²) in [6, 6.07) is 4.28. The molecule has 0 atom stereocenters. The molecule has 1 aliphatic rings. The molecular weight excluding hydrogens is 316 g/mol. The second-order valence-corrected chi connectivity index (χ2v) is 5.21. The fourth-order valence-corrected chi connectivity index (χ4v) is 2.79. The van der Waals surface area contributed by atoms with Gasteiger partial charge in [-0.3, -0.25) is 14.5 Å². The van der Waals surface area contributed by atoms with Crippen LogP contribution in [-0.2, 0) is 4.79 Å². The summed E-state index contributed by atoms with van der Waals surface area (Å²) < 4.78 is 33.8. The lowest BCUT2D eigenvalue weighted by molar-refractivity contribution is -0.122. The summed E-state index contributed by atoms with van der Waals surface area (Å²) in [5.74, 6) is -0.357. The summed E-state index contributed by atoms with van der Waals surface area (Å²) in [5.41, 5.74) is 0.542. The number of ether oxygens (including phenoxy) is 2. The number of hydrogen-bond acceptors (Lipinski definition) is 5. The van der Waals surface area contributed by atoms with Gasteiger partial charge in [0.1, 0.15) is 0 Å². The number of alkyl halides is 2. The molecule has 2 amide bonds. The Balaban J connectivity index is 2.29. The largest absolute Gasteiger partial charge is 0.493 e. The van der Waals surface area contributed by atoms with E-state index < -0.39 is 6.61 Å². The lowest BCUT2D eigenvalue weighted by Gasteiger charge is -2.10. The highest BCUT2D eigenvalue weighted by atomic mass is 32.2. The summed E-state index contributed by atoms with van der Waals surface area (Å²) in [6.07, 6.45) is 1.51. The first-order valence-corrected chi connectivity index (χ1v) is 7.16. The minimum Gasteiger partial charge on any atom is -0.493 e. The maximum atomic E-state index is 12.3. The van der Waals surface area contributed by atoms with E-state index in [2.05, 4.69) is 4.74 Å². The third-order valence-electron chi connectivity index (χ3n) is 2.89. The molecule has 5 nitrogen and oxygen atoms in total. The van der Waals surface area contributed by atoms with E-state index in [-0.39, 0.29) is 27.6 Å². The maximum absolute atomic E-state index is 12.3. The molecule has 8 heteroatoms. The molecule has 1 saturated heterocycles. The van der Waals surface area contributed by atoms with E-state index >= 15 is 0 Å². The number of hydrogen-bond donors (Lipinski definition) is 0. The number of halogens is 2. The minimum absolute atomic E-state index is 0.101. The van der Waals surface area contributed by atoms with E-state index in [1.807, 2.05) is 0 Å². The number of rotatable bonds is 5. The van der Waals surface area contributed by atoms with Crippen molar-refractivity contribution in [2.45, 2.75) is 13.5 Å². The second kappa shape index (κ2) is 6.78. The predicted octanol–water partition coefficient (Wildman–Crippen LogP) is 3.35. The zero-order chi connectivity index (χ0) is 16.3. The number of imide groups is 1. The van der Waals surface area contributed by atoms with Crippen LogP contribution in [0.15, 0.2) is 23.1 Å². The standard InChI is InChI=1S/C14H13F2NO4S/c1-3-17-12(18)11(22-14(17)19)7-8-4-5-9(21-13(15)16)10(6-8)20-2/h4-7,13H,3H2,1-2H3/b11-7-. The zero-order valence-electron chi connectivity index (χ0n) is 11.8. The number of methoxy groups -OCH3 is 1. The second-order valence-electron chi connectivity index (χ2n) is 4.21. The molecule has 0 spiro atoms. The number of nitrogens with zero attached hydrogens (tertiary/aromatic N) is 1. The van der Waals surface area contributed by atoms with Gasteiger partial charge in [0.25, 0.3) is 11.1 Å². The van der Waals surface area contributed by atoms with Crippen molar-refractivity contribution in [3.8, 4) is 11.5 Å². The topological polar surface area (TPSA) is 55.8 Å². The van der Waals surface area contributed by atoms with Gasteiger partial charge >= 0.3 is 6.61 Å². The van der Waals surface area contributed by atoms with Crippen molar-refractivity contribution in [3.05, 3.63) is 28.7 Å². The van der Waals surface area contributed by atoms with Gasteiger partial charge in [0.15, 0.2) is 11.5 Å². The van der Waals surface area contributed by atoms with Crippen molar-refractivity contribution in [1.29, 1.82) is 0 Å². The van der Waals surface area contributed by atoms with Crippen molar-refractivity contribution < 1.29 is 27.8 Å². The van der Waals surface area contributed by atoms with Crippen molar-refractivity contribution in [3.63, 3.8) is 0 Å². The van der Waals surface area contributed by atoms with Crippen molar-refractivity contribution in [2.24, 2.45) is 0 Å². The fraction of sp³-hybridized carbons (Fsp3) is 0.286. The van der Waals surface area contributed by atoms with Crippen LogP contribution >= 0.6 is 11.8 Å². The normalized spacial score (nSPS) is 16.8. The Labute approximate surface area is 129 Å². The molecule has 1 fully saturated rings. The Hall–Kier alpha value is -2.09. The Morgan fingerprint density at radius 1 is 1.32 bits per heavy atom. The van der Waals surface area contributed by atoms with Crippen LogP contribution in [0.3, 0.4) is 0 Å². The van der Waals surface area contributed by atoms with E-state index in [1.165, 1.54) is 31.4 Å². The van der Waals surface area contributed by atoms with Crippen molar-refractivity contribution >= 4 is 29.0 Å². The van der Waals surface area contributed by atoms with Gasteiger partial charge in [0, 0.05) is 6.54 Å². The average molecular weight is 329 g/mol. The van der Waals surface area contributed by atoms with Gasteiger partial charge < -0.3 is 9.47 Å². The third kappa shape index (κ3) is 3.38. The van der Waals surface area contributed by atoms with E-state index in [9.17, 15) is 18.4 Å². The average Bonchev–Trinajstić information content (AvgIpc) is 2.74. The van der Waals surface area contributed by atoms with Crippen LogP contribution in [0, 0.1) is 0 Å². The summed E-state index contributed by atoms with van der Waals surface area (Å²) in [4.78, 5) is 25.0. The van der Waals surface area contributed by atoms with E-state index in [4.69, 9.17) is 4.74 Å². The molecule has 0 radical (unpaired) electrons. The van der Waals surface area contributed by atoms with E-state index in [0.29, 0.717) is 12.1 Å². The van der Waals surface area contributed by atoms with Crippen molar-refractivity contribution in [2.75, 3.05) is 13.7 Å². The minimum atomic E-state index is -2.96. The highest BCUT2D eigenvalue weighted by Crippen LogP contribution is 2.34. The number of thioether (sulfide) groups is 1. The van der Waals surface area contributed by atoms with Gasteiger partial charge in [-0.2, -0.15) is 8.78 Å². The highest BCUT2D eigenvalue weighted by Gasteiger charge is 2.33. The molecule has 1 heterocycles. The maximum Gasteiger partial charge on any atom is 0.387 e. The first kappa shape index (κ1) is 16.3. The van der Waals surface area contributed by atoms with Crippen LogP contribution in [0.25, 0.3) is 6.08 Å². The first-order valence-electron chi connectivity index (χ1n) is 6.34. The quantitative estimate of drug-likeness (QED) is 0.776. The molecule has 2 rings (SSSR count). The molecule has 1 aromatic carbocycles. The molecule has 0 aliphatic carbocycles. The molecule has 1 aliphatic heterocycles. The summed E-state index contributed by atoms with van der Waals surface area (Å²) >= 11 is 0.836. The molecule has 0 saturated carbocycles. The monoisotopic (exact) mass is 329 g/mol. The Morgan fingerprint density at radius 3 is 2.59 bits per heavy atom. The molecule has 118 valence electrons. The van der Waals surface area contributed by atoms with E-state index in [1.54, 1.807) is 6.92 Å². The number of likely N-dealkylation sites (N-methyl/N-ethyl adjacent to an activating group) is 1. The molecule has 0 aromatic heterocycles. The van der Waals surface area contributed by atoms with Gasteiger partial charge in [0.2, 0.25) is 0 Å². The Kier molecular flexibility index (Phi) is 5.02. The molecule has 22 heavy (non-hydrogen) atoms. The van der Waals surface area contributed by atoms with Gasteiger partial charge in [-0.1, -0.05) is 6.07 Å². The summed E-state index contributed by atoms with van der Waals surface area (Å²) in [5, 5.41) is -0.330. The predicted molar refractivity (Wildman–Crippen MR) is 78.0 cm³/mol. The Morgan fingerprint density at radius 2 is 2.05 bits per heavy atom. The van der Waals surface area contributed by atoms with Crippen LogP contribution in [-0.4, -0.2) is 36.3 Å². The number of amides is 2. The number of benzene rings is 1. The Bertz CT molecular complexity index is 633. The number of carbonyl (C=O) groups is 2.